The van der Waals surface area contributed by atoms with E-state index in [1.54, 1.807) is 19.2 Å². The topological polar surface area (TPSA) is 66.8 Å². The molecule has 0 amide bonds. The Morgan fingerprint density at radius 3 is 2.25 bits per heavy atom. The third-order valence-electron chi connectivity index (χ3n) is 4.44. The van der Waals surface area contributed by atoms with Gasteiger partial charge in [0.1, 0.15) is 17.6 Å². The van der Waals surface area contributed by atoms with Crippen LogP contribution in [-0.2, 0) is 5.75 Å². The van der Waals surface area contributed by atoms with Gasteiger partial charge < -0.3 is 14.9 Å². The smallest absolute Gasteiger partial charge is 0.196 e. The van der Waals surface area contributed by atoms with Crippen molar-refractivity contribution in [1.29, 1.82) is 0 Å². The minimum atomic E-state index is -1.30. The summed E-state index contributed by atoms with van der Waals surface area (Å²) in [5.74, 6) is 0.715. The first-order valence-electron chi connectivity index (χ1n) is 8.90. The number of thioether (sulfide) groups is 1. The summed E-state index contributed by atoms with van der Waals surface area (Å²) in [4.78, 5) is 12.9. The Labute approximate surface area is 168 Å². The molecule has 5 heteroatoms. The number of hydrogen-bond donors (Lipinski definition) is 2. The molecular weight excluding hydrogens is 372 g/mol. The molecule has 0 unspecified atom stereocenters. The highest BCUT2D eigenvalue weighted by molar-refractivity contribution is 7.98. The molecule has 0 radical (unpaired) electrons. The molecular formula is C23H22O4S. The number of carbonyl (C=O) groups excluding carboxylic acids is 1. The number of aliphatic hydroxyl groups excluding tert-OH is 1. The van der Waals surface area contributed by atoms with Gasteiger partial charge in [0.15, 0.2) is 5.78 Å². The van der Waals surface area contributed by atoms with E-state index >= 15 is 0 Å². The second-order valence-electron chi connectivity index (χ2n) is 6.32. The van der Waals surface area contributed by atoms with Crippen molar-refractivity contribution in [2.24, 2.45) is 0 Å². The molecule has 0 aliphatic carbocycles. The minimum absolute atomic E-state index is 0.119. The van der Waals surface area contributed by atoms with E-state index in [9.17, 15) is 15.0 Å². The van der Waals surface area contributed by atoms with Crippen LogP contribution in [0, 0.1) is 0 Å². The molecule has 0 saturated heterocycles. The maximum atomic E-state index is 12.9. The summed E-state index contributed by atoms with van der Waals surface area (Å²) < 4.78 is 5.20. The molecule has 0 saturated carbocycles. The molecule has 0 fully saturated rings. The number of phenols is 1. The molecule has 3 aromatic rings. The van der Waals surface area contributed by atoms with E-state index in [0.29, 0.717) is 11.5 Å². The zero-order valence-electron chi connectivity index (χ0n) is 15.5. The van der Waals surface area contributed by atoms with Gasteiger partial charge >= 0.3 is 0 Å². The van der Waals surface area contributed by atoms with Gasteiger partial charge in [-0.2, -0.15) is 0 Å². The summed E-state index contributed by atoms with van der Waals surface area (Å²) >= 11 is 1.48. The van der Waals surface area contributed by atoms with E-state index in [4.69, 9.17) is 4.74 Å². The zero-order chi connectivity index (χ0) is 19.9. The summed E-state index contributed by atoms with van der Waals surface area (Å²) in [6, 6.07) is 23.5. The molecule has 2 atom stereocenters. The van der Waals surface area contributed by atoms with Gasteiger partial charge in [0, 0.05) is 5.75 Å². The van der Waals surface area contributed by atoms with Crippen molar-refractivity contribution in [1.82, 2.24) is 0 Å². The predicted octanol–water partition coefficient (Wildman–Crippen LogP) is 4.62. The number of carbonyl (C=O) groups is 1. The van der Waals surface area contributed by atoms with Gasteiger partial charge in [-0.25, -0.2) is 0 Å². The van der Waals surface area contributed by atoms with Crippen LogP contribution in [0.4, 0.5) is 0 Å². The molecule has 28 heavy (non-hydrogen) atoms. The van der Waals surface area contributed by atoms with E-state index in [1.165, 1.54) is 23.9 Å². The molecule has 3 rings (SSSR count). The van der Waals surface area contributed by atoms with E-state index < -0.39 is 17.1 Å². The number of hydrogen-bond acceptors (Lipinski definition) is 5. The molecule has 0 spiro atoms. The number of Topliss-reactive ketones (excluding diaryl/α,β-unsaturated/α-hetero) is 1. The molecule has 0 aliphatic rings. The van der Waals surface area contributed by atoms with Crippen molar-refractivity contribution in [3.63, 3.8) is 0 Å². The second-order valence-corrected chi connectivity index (χ2v) is 7.45. The lowest BCUT2D eigenvalue weighted by Crippen LogP contribution is -2.27. The number of aromatic hydroxyl groups is 1. The molecule has 0 heterocycles. The van der Waals surface area contributed by atoms with Crippen LogP contribution in [0.3, 0.4) is 0 Å². The summed E-state index contributed by atoms with van der Waals surface area (Å²) in [5, 5.41) is 20.4. The monoisotopic (exact) mass is 394 g/mol. The lowest BCUT2D eigenvalue weighted by Gasteiger charge is -2.23. The highest BCUT2D eigenvalue weighted by Crippen LogP contribution is 2.37. The number of phenolic OH excluding ortho intramolecular Hbond substituents is 1. The number of benzene rings is 3. The summed E-state index contributed by atoms with van der Waals surface area (Å²) in [5.41, 5.74) is 2.04. The number of aliphatic hydroxyl groups is 1. The minimum Gasteiger partial charge on any atom is -0.507 e. The first-order chi connectivity index (χ1) is 13.6. The summed E-state index contributed by atoms with van der Waals surface area (Å²) in [6.45, 7) is 0. The maximum absolute atomic E-state index is 12.9. The molecule has 4 nitrogen and oxygen atoms in total. The SMILES string of the molecule is COc1ccc([C@@H](SCc2ccccc2)[C@H](O)C(=O)c2ccccc2O)cc1. The summed E-state index contributed by atoms with van der Waals surface area (Å²) in [7, 11) is 1.59. The average molecular weight is 394 g/mol. The maximum Gasteiger partial charge on any atom is 0.196 e. The van der Waals surface area contributed by atoms with Crippen molar-refractivity contribution in [3.8, 4) is 11.5 Å². The molecule has 2 N–H and O–H groups in total. The largest absolute Gasteiger partial charge is 0.507 e. The Morgan fingerprint density at radius 1 is 0.964 bits per heavy atom. The zero-order valence-corrected chi connectivity index (χ0v) is 16.3. The van der Waals surface area contributed by atoms with E-state index in [-0.39, 0.29) is 11.3 Å². The number of para-hydroxylation sites is 1. The van der Waals surface area contributed by atoms with Crippen LogP contribution < -0.4 is 4.74 Å². The van der Waals surface area contributed by atoms with Gasteiger partial charge in [0.25, 0.3) is 0 Å². The molecule has 3 aromatic carbocycles. The Morgan fingerprint density at radius 2 is 1.61 bits per heavy atom. The van der Waals surface area contributed by atoms with Gasteiger partial charge in [-0.3, -0.25) is 4.79 Å². The molecule has 0 aliphatic heterocycles. The Balaban J connectivity index is 1.87. The lowest BCUT2D eigenvalue weighted by molar-refractivity contribution is 0.0739. The third kappa shape index (κ3) is 4.74. The van der Waals surface area contributed by atoms with Crippen LogP contribution in [0.15, 0.2) is 78.9 Å². The Hall–Kier alpha value is -2.76. The number of rotatable bonds is 8. The van der Waals surface area contributed by atoms with Crippen LogP contribution in [0.25, 0.3) is 0 Å². The van der Waals surface area contributed by atoms with E-state index in [2.05, 4.69) is 0 Å². The van der Waals surface area contributed by atoms with Crippen LogP contribution in [0.5, 0.6) is 11.5 Å². The molecule has 144 valence electrons. The van der Waals surface area contributed by atoms with Crippen molar-refractivity contribution in [3.05, 3.63) is 95.6 Å². The predicted molar refractivity (Wildman–Crippen MR) is 112 cm³/mol. The normalized spacial score (nSPS) is 12.9. The van der Waals surface area contributed by atoms with Crippen molar-refractivity contribution in [2.45, 2.75) is 17.1 Å². The fourth-order valence-corrected chi connectivity index (χ4v) is 4.12. The lowest BCUT2D eigenvalue weighted by atomic mass is 9.99. The van der Waals surface area contributed by atoms with E-state index in [1.807, 2.05) is 54.6 Å². The molecule has 0 bridgehead atoms. The van der Waals surface area contributed by atoms with Crippen LogP contribution in [-0.4, -0.2) is 29.2 Å². The van der Waals surface area contributed by atoms with E-state index in [0.717, 1.165) is 11.1 Å². The van der Waals surface area contributed by atoms with Gasteiger partial charge in [0.05, 0.1) is 17.9 Å². The number of ether oxygens (including phenoxy) is 1. The number of ketones is 1. The Bertz CT molecular complexity index is 909. The highest BCUT2D eigenvalue weighted by Gasteiger charge is 2.30. The standard InChI is InChI=1S/C23H22O4S/c1-27-18-13-11-17(12-14-18)23(28-15-16-7-3-2-4-8-16)22(26)21(25)19-9-5-6-10-20(19)24/h2-14,22-24,26H,15H2,1H3/t22-,23-/m1/s1. The van der Waals surface area contributed by atoms with Crippen molar-refractivity contribution < 1.29 is 19.7 Å². The van der Waals surface area contributed by atoms with Crippen LogP contribution in [0.2, 0.25) is 0 Å². The first-order valence-corrected chi connectivity index (χ1v) is 9.95. The summed E-state index contributed by atoms with van der Waals surface area (Å²) in [6.07, 6.45) is -1.30. The molecule has 0 aromatic heterocycles. The second kappa shape index (κ2) is 9.44. The quantitative estimate of drug-likeness (QED) is 0.546. The van der Waals surface area contributed by atoms with Crippen LogP contribution >= 0.6 is 11.8 Å². The first kappa shape index (κ1) is 20.0. The number of methoxy groups -OCH3 is 1. The average Bonchev–Trinajstić information content (AvgIpc) is 2.75. The van der Waals surface area contributed by atoms with Crippen LogP contribution in [0.1, 0.15) is 26.7 Å². The third-order valence-corrected chi connectivity index (χ3v) is 5.83. The van der Waals surface area contributed by atoms with Gasteiger partial charge in [-0.15, -0.1) is 11.8 Å². The highest BCUT2D eigenvalue weighted by atomic mass is 32.2. The Kier molecular flexibility index (Phi) is 6.74. The van der Waals surface area contributed by atoms with Crippen molar-refractivity contribution >= 4 is 17.5 Å². The fourth-order valence-electron chi connectivity index (χ4n) is 2.90. The van der Waals surface area contributed by atoms with Gasteiger partial charge in [0.2, 0.25) is 0 Å². The van der Waals surface area contributed by atoms with Gasteiger partial charge in [-0.1, -0.05) is 54.6 Å². The van der Waals surface area contributed by atoms with Crippen molar-refractivity contribution in [2.75, 3.05) is 7.11 Å². The van der Waals surface area contributed by atoms with Gasteiger partial charge in [-0.05, 0) is 35.4 Å². The fraction of sp³-hybridized carbons (Fsp3) is 0.174.